The van der Waals surface area contributed by atoms with E-state index in [0.717, 1.165) is 29.3 Å². The van der Waals surface area contributed by atoms with Crippen LogP contribution in [0.25, 0.3) is 10.2 Å². The summed E-state index contributed by atoms with van der Waals surface area (Å²) in [5, 5.41) is 9.51. The maximum Gasteiger partial charge on any atom is 0.111 e. The molecule has 0 amide bonds. The Hall–Kier alpha value is -2.50. The Morgan fingerprint density at radius 2 is 1.78 bits per heavy atom. The van der Waals surface area contributed by atoms with Crippen LogP contribution >= 0.6 is 11.3 Å². The van der Waals surface area contributed by atoms with Crippen LogP contribution in [0.3, 0.4) is 0 Å². The van der Waals surface area contributed by atoms with E-state index >= 15 is 0 Å². The van der Waals surface area contributed by atoms with Crippen LogP contribution in [0.4, 0.5) is 0 Å². The largest absolute Gasteiger partial charge is 0.304 e. The molecule has 0 aliphatic heterocycles. The first-order valence-corrected chi connectivity index (χ1v) is 10.1. The maximum atomic E-state index is 4.77. The predicted molar refractivity (Wildman–Crippen MR) is 112 cm³/mol. The van der Waals surface area contributed by atoms with Gasteiger partial charge in [-0.3, -0.25) is 4.68 Å². The molecular weight excluding hydrogens is 352 g/mol. The Morgan fingerprint density at radius 3 is 2.56 bits per heavy atom. The molecule has 2 heterocycles. The Labute approximate surface area is 163 Å². The lowest BCUT2D eigenvalue weighted by Crippen LogP contribution is -2.18. The molecule has 2 aromatic heterocycles. The quantitative estimate of drug-likeness (QED) is 0.514. The highest BCUT2D eigenvalue weighted by Gasteiger charge is 2.15. The standard InChI is InChI=1S/C22H24N4S/c1-15-19(17(3)26(25-15)14-18-9-5-4-6-10-18)13-23-16(2)22-24-20-11-7-8-12-21(20)27-22/h4-12,16,23H,13-14H2,1-3H3/t16-/m1/s1. The molecule has 0 aliphatic carbocycles. The molecule has 1 atom stereocenters. The molecule has 0 aliphatic rings. The van der Waals surface area contributed by atoms with Crippen molar-refractivity contribution in [2.75, 3.05) is 0 Å². The zero-order valence-corrected chi connectivity index (χ0v) is 16.8. The number of aromatic nitrogens is 3. The average Bonchev–Trinajstić information content (AvgIpc) is 3.22. The molecule has 2 aromatic carbocycles. The van der Waals surface area contributed by atoms with Gasteiger partial charge in [0.25, 0.3) is 0 Å². The van der Waals surface area contributed by atoms with Gasteiger partial charge in [-0.25, -0.2) is 4.98 Å². The Bertz CT molecular complexity index is 1020. The number of hydrogen-bond donors (Lipinski definition) is 1. The first-order valence-electron chi connectivity index (χ1n) is 9.27. The zero-order valence-electron chi connectivity index (χ0n) is 15.9. The van der Waals surface area contributed by atoms with Crippen LogP contribution in [0.15, 0.2) is 54.6 Å². The molecular formula is C22H24N4S. The minimum atomic E-state index is 0.207. The van der Waals surface area contributed by atoms with Crippen LogP contribution in [-0.2, 0) is 13.1 Å². The number of nitrogens with one attached hydrogen (secondary N) is 1. The van der Waals surface area contributed by atoms with Crippen LogP contribution in [0.2, 0.25) is 0 Å². The molecule has 5 heteroatoms. The van der Waals surface area contributed by atoms with Gasteiger partial charge in [0.2, 0.25) is 0 Å². The number of thiazole rings is 1. The van der Waals surface area contributed by atoms with Gasteiger partial charge in [0.1, 0.15) is 5.01 Å². The molecule has 4 rings (SSSR count). The molecule has 0 saturated heterocycles. The summed E-state index contributed by atoms with van der Waals surface area (Å²) in [5.74, 6) is 0. The van der Waals surface area contributed by atoms with E-state index in [1.54, 1.807) is 11.3 Å². The van der Waals surface area contributed by atoms with E-state index in [2.05, 4.69) is 73.2 Å². The van der Waals surface area contributed by atoms with Crippen molar-refractivity contribution in [1.82, 2.24) is 20.1 Å². The number of fused-ring (bicyclic) bond motifs is 1. The third-order valence-corrected chi connectivity index (χ3v) is 6.19. The van der Waals surface area contributed by atoms with Crippen molar-refractivity contribution >= 4 is 21.6 Å². The summed E-state index contributed by atoms with van der Waals surface area (Å²) >= 11 is 1.76. The van der Waals surface area contributed by atoms with Gasteiger partial charge in [0, 0.05) is 17.8 Å². The molecule has 27 heavy (non-hydrogen) atoms. The normalized spacial score (nSPS) is 12.6. The summed E-state index contributed by atoms with van der Waals surface area (Å²) in [5.41, 5.74) is 5.94. The van der Waals surface area contributed by atoms with E-state index in [4.69, 9.17) is 10.1 Å². The van der Waals surface area contributed by atoms with Gasteiger partial charge in [0.05, 0.1) is 28.5 Å². The van der Waals surface area contributed by atoms with Gasteiger partial charge in [0.15, 0.2) is 0 Å². The number of rotatable bonds is 6. The topological polar surface area (TPSA) is 42.7 Å². The van der Waals surface area contributed by atoms with Gasteiger partial charge < -0.3 is 5.32 Å². The Kier molecular flexibility index (Phi) is 5.05. The lowest BCUT2D eigenvalue weighted by Gasteiger charge is -2.11. The minimum absolute atomic E-state index is 0.207. The second kappa shape index (κ2) is 7.62. The fraction of sp³-hybridized carbons (Fsp3) is 0.273. The molecule has 0 radical (unpaired) electrons. The van der Waals surface area contributed by atoms with Crippen molar-refractivity contribution in [3.05, 3.63) is 82.1 Å². The van der Waals surface area contributed by atoms with Crippen LogP contribution in [-0.4, -0.2) is 14.8 Å². The Balaban J connectivity index is 1.47. The SMILES string of the molecule is Cc1nn(Cc2ccccc2)c(C)c1CN[C@H](C)c1nc2ccccc2s1. The predicted octanol–water partition coefficient (Wildman–Crippen LogP) is 5.01. The van der Waals surface area contributed by atoms with Crippen molar-refractivity contribution in [2.45, 2.75) is 39.9 Å². The van der Waals surface area contributed by atoms with E-state index in [1.165, 1.54) is 21.5 Å². The molecule has 1 N–H and O–H groups in total. The van der Waals surface area contributed by atoms with E-state index in [1.807, 2.05) is 12.1 Å². The van der Waals surface area contributed by atoms with Crippen molar-refractivity contribution < 1.29 is 0 Å². The molecule has 0 spiro atoms. The molecule has 138 valence electrons. The number of nitrogens with zero attached hydrogens (tertiary/aromatic N) is 3. The molecule has 0 fully saturated rings. The monoisotopic (exact) mass is 376 g/mol. The molecule has 0 unspecified atom stereocenters. The molecule has 0 saturated carbocycles. The molecule has 0 bridgehead atoms. The number of benzene rings is 2. The summed E-state index contributed by atoms with van der Waals surface area (Å²) in [6, 6.07) is 19.0. The lowest BCUT2D eigenvalue weighted by atomic mass is 10.2. The highest BCUT2D eigenvalue weighted by atomic mass is 32.1. The van der Waals surface area contributed by atoms with Crippen molar-refractivity contribution in [3.8, 4) is 0 Å². The van der Waals surface area contributed by atoms with Gasteiger partial charge in [-0.2, -0.15) is 5.10 Å². The second-order valence-corrected chi connectivity index (χ2v) is 7.98. The van der Waals surface area contributed by atoms with Crippen LogP contribution < -0.4 is 5.32 Å². The Morgan fingerprint density at radius 1 is 1.04 bits per heavy atom. The minimum Gasteiger partial charge on any atom is -0.304 e. The van der Waals surface area contributed by atoms with E-state index in [9.17, 15) is 0 Å². The number of para-hydroxylation sites is 1. The van der Waals surface area contributed by atoms with Crippen LogP contribution in [0.5, 0.6) is 0 Å². The number of aryl methyl sites for hydroxylation is 1. The second-order valence-electron chi connectivity index (χ2n) is 6.92. The van der Waals surface area contributed by atoms with Crippen molar-refractivity contribution in [3.63, 3.8) is 0 Å². The zero-order chi connectivity index (χ0) is 18.8. The first-order chi connectivity index (χ1) is 13.1. The average molecular weight is 377 g/mol. The van der Waals surface area contributed by atoms with E-state index in [-0.39, 0.29) is 6.04 Å². The van der Waals surface area contributed by atoms with Crippen molar-refractivity contribution in [2.24, 2.45) is 0 Å². The third-order valence-electron chi connectivity index (χ3n) is 4.97. The van der Waals surface area contributed by atoms with Gasteiger partial charge >= 0.3 is 0 Å². The summed E-state index contributed by atoms with van der Waals surface area (Å²) < 4.78 is 3.34. The number of hydrogen-bond acceptors (Lipinski definition) is 4. The fourth-order valence-electron chi connectivity index (χ4n) is 3.32. The summed E-state index contributed by atoms with van der Waals surface area (Å²) in [4.78, 5) is 4.77. The van der Waals surface area contributed by atoms with Gasteiger partial charge in [-0.15, -0.1) is 11.3 Å². The van der Waals surface area contributed by atoms with Crippen LogP contribution in [0.1, 0.15) is 40.5 Å². The molecule has 4 nitrogen and oxygen atoms in total. The van der Waals surface area contributed by atoms with Crippen molar-refractivity contribution in [1.29, 1.82) is 0 Å². The summed E-state index contributed by atoms with van der Waals surface area (Å²) in [6.07, 6.45) is 0. The molecule has 4 aromatic rings. The summed E-state index contributed by atoms with van der Waals surface area (Å²) in [7, 11) is 0. The van der Waals surface area contributed by atoms with Gasteiger partial charge in [-0.05, 0) is 38.5 Å². The maximum absolute atomic E-state index is 4.77. The first kappa shape index (κ1) is 17.9. The highest BCUT2D eigenvalue weighted by molar-refractivity contribution is 7.18. The van der Waals surface area contributed by atoms with E-state index < -0.39 is 0 Å². The summed E-state index contributed by atoms with van der Waals surface area (Å²) in [6.45, 7) is 8.03. The van der Waals surface area contributed by atoms with Gasteiger partial charge in [-0.1, -0.05) is 42.5 Å². The van der Waals surface area contributed by atoms with Crippen LogP contribution in [0, 0.1) is 13.8 Å². The fourth-order valence-corrected chi connectivity index (χ4v) is 4.31. The highest BCUT2D eigenvalue weighted by Crippen LogP contribution is 2.26. The lowest BCUT2D eigenvalue weighted by molar-refractivity contribution is 0.569. The van der Waals surface area contributed by atoms with E-state index in [0.29, 0.717) is 0 Å². The third kappa shape index (κ3) is 3.80. The smallest absolute Gasteiger partial charge is 0.111 e.